The molecule has 0 saturated carbocycles. The van der Waals surface area contributed by atoms with Gasteiger partial charge in [0.15, 0.2) is 0 Å². The van der Waals surface area contributed by atoms with Crippen molar-refractivity contribution in [3.8, 4) is 0 Å². The van der Waals surface area contributed by atoms with E-state index in [0.717, 1.165) is 18.4 Å². The van der Waals surface area contributed by atoms with Gasteiger partial charge in [-0.2, -0.15) is 0 Å². The molecule has 18 heavy (non-hydrogen) atoms. The second-order valence-electron chi connectivity index (χ2n) is 5.87. The van der Waals surface area contributed by atoms with Crippen molar-refractivity contribution in [2.24, 2.45) is 11.8 Å². The fourth-order valence-corrected chi connectivity index (χ4v) is 3.88. The zero-order valence-corrected chi connectivity index (χ0v) is 12.8. The number of hydrogen-bond acceptors (Lipinski definition) is 2. The highest BCUT2D eigenvalue weighted by Gasteiger charge is 2.18. The van der Waals surface area contributed by atoms with E-state index in [1.165, 1.54) is 22.6 Å². The van der Waals surface area contributed by atoms with E-state index in [1.54, 1.807) is 5.57 Å². The summed E-state index contributed by atoms with van der Waals surface area (Å²) >= 11 is 1.91. The molecular weight excluding hydrogens is 238 g/mol. The van der Waals surface area contributed by atoms with Crippen LogP contribution in [0.3, 0.4) is 0 Å². The standard InChI is InChI=1S/C16H25NS/c1-11-7-12(2)9-15(8-11)10-17-14(4)16-6-5-13(3)18-16/h5-7,11,14-15,17H,8-10H2,1-4H3. The Bertz CT molecular complexity index is 418. The first-order valence-corrected chi connectivity index (χ1v) is 7.83. The van der Waals surface area contributed by atoms with Gasteiger partial charge in [0.2, 0.25) is 0 Å². The second-order valence-corrected chi connectivity index (χ2v) is 7.19. The Morgan fingerprint density at radius 1 is 1.39 bits per heavy atom. The van der Waals surface area contributed by atoms with Gasteiger partial charge < -0.3 is 5.32 Å². The third-order valence-electron chi connectivity index (χ3n) is 3.79. The quantitative estimate of drug-likeness (QED) is 0.776. The van der Waals surface area contributed by atoms with Crippen LogP contribution in [0.4, 0.5) is 0 Å². The van der Waals surface area contributed by atoms with Gasteiger partial charge in [0.1, 0.15) is 0 Å². The minimum Gasteiger partial charge on any atom is -0.309 e. The molecule has 1 aliphatic carbocycles. The van der Waals surface area contributed by atoms with Gasteiger partial charge in [-0.3, -0.25) is 0 Å². The van der Waals surface area contributed by atoms with Crippen LogP contribution >= 0.6 is 11.3 Å². The summed E-state index contributed by atoms with van der Waals surface area (Å²) < 4.78 is 0. The summed E-state index contributed by atoms with van der Waals surface area (Å²) in [4.78, 5) is 2.87. The van der Waals surface area contributed by atoms with Crippen LogP contribution in [-0.2, 0) is 0 Å². The van der Waals surface area contributed by atoms with Crippen molar-refractivity contribution in [3.63, 3.8) is 0 Å². The molecule has 0 aromatic carbocycles. The third kappa shape index (κ3) is 3.69. The molecule has 0 bridgehead atoms. The number of hydrogen-bond donors (Lipinski definition) is 1. The molecule has 1 aromatic heterocycles. The van der Waals surface area contributed by atoms with Gasteiger partial charge in [-0.25, -0.2) is 0 Å². The second kappa shape index (κ2) is 6.03. The summed E-state index contributed by atoms with van der Waals surface area (Å²) in [5, 5.41) is 3.71. The largest absolute Gasteiger partial charge is 0.309 e. The topological polar surface area (TPSA) is 12.0 Å². The van der Waals surface area contributed by atoms with Crippen LogP contribution in [0.25, 0.3) is 0 Å². The summed E-state index contributed by atoms with van der Waals surface area (Å²) in [5.74, 6) is 1.57. The SMILES string of the molecule is CC1=CC(C)CC(CNC(C)c2ccc(C)s2)C1. The fraction of sp³-hybridized carbons (Fsp3) is 0.625. The lowest BCUT2D eigenvalue weighted by molar-refractivity contribution is 0.368. The maximum atomic E-state index is 3.71. The van der Waals surface area contributed by atoms with Gasteiger partial charge in [-0.1, -0.05) is 18.6 Å². The first-order valence-electron chi connectivity index (χ1n) is 7.01. The average Bonchev–Trinajstić information content (AvgIpc) is 2.71. The van der Waals surface area contributed by atoms with Crippen LogP contribution in [-0.4, -0.2) is 6.54 Å². The lowest BCUT2D eigenvalue weighted by Gasteiger charge is -2.27. The zero-order chi connectivity index (χ0) is 13.1. The van der Waals surface area contributed by atoms with Crippen molar-refractivity contribution in [2.75, 3.05) is 6.54 Å². The molecule has 0 aliphatic heterocycles. The van der Waals surface area contributed by atoms with Gasteiger partial charge in [-0.15, -0.1) is 11.3 Å². The third-order valence-corrected chi connectivity index (χ3v) is 4.97. The average molecular weight is 263 g/mol. The lowest BCUT2D eigenvalue weighted by Crippen LogP contribution is -2.28. The molecule has 3 atom stereocenters. The Morgan fingerprint density at radius 3 is 2.78 bits per heavy atom. The van der Waals surface area contributed by atoms with E-state index in [0.29, 0.717) is 6.04 Å². The highest BCUT2D eigenvalue weighted by atomic mass is 32.1. The summed E-state index contributed by atoms with van der Waals surface area (Å²) in [6.07, 6.45) is 5.04. The van der Waals surface area contributed by atoms with Crippen LogP contribution < -0.4 is 5.32 Å². The van der Waals surface area contributed by atoms with Crippen molar-refractivity contribution in [2.45, 2.75) is 46.6 Å². The van der Waals surface area contributed by atoms with Crippen molar-refractivity contribution >= 4 is 11.3 Å². The summed E-state index contributed by atoms with van der Waals surface area (Å²) in [6, 6.07) is 4.96. The molecule has 3 unspecified atom stereocenters. The lowest BCUT2D eigenvalue weighted by atomic mass is 9.83. The van der Waals surface area contributed by atoms with Crippen LogP contribution in [0.15, 0.2) is 23.8 Å². The van der Waals surface area contributed by atoms with E-state index in [2.05, 4.69) is 51.2 Å². The summed E-state index contributed by atoms with van der Waals surface area (Å²) in [6.45, 7) is 10.2. The van der Waals surface area contributed by atoms with Gasteiger partial charge in [-0.05, 0) is 64.1 Å². The molecule has 0 fully saturated rings. The van der Waals surface area contributed by atoms with Gasteiger partial charge in [0.25, 0.3) is 0 Å². The molecule has 1 heterocycles. The Balaban J connectivity index is 1.83. The van der Waals surface area contributed by atoms with Gasteiger partial charge >= 0.3 is 0 Å². The summed E-state index contributed by atoms with van der Waals surface area (Å²) in [7, 11) is 0. The molecule has 100 valence electrons. The molecule has 2 rings (SSSR count). The Morgan fingerprint density at radius 2 is 2.17 bits per heavy atom. The Hall–Kier alpha value is -0.600. The highest BCUT2D eigenvalue weighted by Crippen LogP contribution is 2.28. The predicted molar refractivity (Wildman–Crippen MR) is 81.1 cm³/mol. The smallest absolute Gasteiger partial charge is 0.0386 e. The number of rotatable bonds is 4. The molecular formula is C16H25NS. The monoisotopic (exact) mass is 263 g/mol. The zero-order valence-electron chi connectivity index (χ0n) is 12.0. The normalized spacial score (nSPS) is 25.9. The van der Waals surface area contributed by atoms with Crippen LogP contribution in [0, 0.1) is 18.8 Å². The van der Waals surface area contributed by atoms with E-state index < -0.39 is 0 Å². The van der Waals surface area contributed by atoms with Crippen molar-refractivity contribution in [3.05, 3.63) is 33.5 Å². The van der Waals surface area contributed by atoms with Crippen LogP contribution in [0.5, 0.6) is 0 Å². The van der Waals surface area contributed by atoms with E-state index in [9.17, 15) is 0 Å². The van der Waals surface area contributed by atoms with E-state index >= 15 is 0 Å². The molecule has 0 saturated heterocycles. The summed E-state index contributed by atoms with van der Waals surface area (Å²) in [5.41, 5.74) is 1.57. The molecule has 1 aliphatic rings. The van der Waals surface area contributed by atoms with Gasteiger partial charge in [0.05, 0.1) is 0 Å². The highest BCUT2D eigenvalue weighted by molar-refractivity contribution is 7.12. The van der Waals surface area contributed by atoms with Crippen molar-refractivity contribution in [1.82, 2.24) is 5.32 Å². The number of allylic oxidation sites excluding steroid dienone is 2. The Kier molecular flexibility index (Phi) is 4.63. The molecule has 0 radical (unpaired) electrons. The minimum absolute atomic E-state index is 0.491. The van der Waals surface area contributed by atoms with E-state index in [-0.39, 0.29) is 0 Å². The fourth-order valence-electron chi connectivity index (χ4n) is 2.97. The Labute approximate surface area is 115 Å². The molecule has 1 nitrogen and oxygen atoms in total. The predicted octanol–water partition coefficient (Wildman–Crippen LogP) is 4.70. The van der Waals surface area contributed by atoms with Crippen LogP contribution in [0.2, 0.25) is 0 Å². The minimum atomic E-state index is 0.491. The molecule has 2 heteroatoms. The molecule has 1 aromatic rings. The molecule has 0 amide bonds. The maximum absolute atomic E-state index is 3.71. The number of nitrogens with one attached hydrogen (secondary N) is 1. The molecule has 0 spiro atoms. The number of aryl methyl sites for hydroxylation is 1. The van der Waals surface area contributed by atoms with E-state index in [4.69, 9.17) is 0 Å². The van der Waals surface area contributed by atoms with Crippen LogP contribution in [0.1, 0.15) is 49.4 Å². The van der Waals surface area contributed by atoms with Gasteiger partial charge in [0, 0.05) is 15.8 Å². The first kappa shape index (κ1) is 13.8. The molecule has 1 N–H and O–H groups in total. The van der Waals surface area contributed by atoms with Crippen molar-refractivity contribution < 1.29 is 0 Å². The van der Waals surface area contributed by atoms with E-state index in [1.807, 2.05) is 11.3 Å². The number of thiophene rings is 1. The first-order chi connectivity index (χ1) is 8.54. The van der Waals surface area contributed by atoms with Crippen molar-refractivity contribution in [1.29, 1.82) is 0 Å². The maximum Gasteiger partial charge on any atom is 0.0386 e.